The minimum atomic E-state index is -1.20. The van der Waals surface area contributed by atoms with E-state index in [1.165, 1.54) is 17.2 Å². The Hall–Kier alpha value is -1.79. The normalized spacial score (nSPS) is 26.7. The van der Waals surface area contributed by atoms with Crippen molar-refractivity contribution in [2.24, 2.45) is 5.10 Å². The molecule has 3 heterocycles. The monoisotopic (exact) mass is 368 g/mol. The number of aliphatic hydroxyl groups excluding tert-OH is 3. The number of hydrogen-bond acceptors (Lipinski definition) is 10. The quantitative estimate of drug-likeness (QED) is 0.292. The van der Waals surface area contributed by atoms with Gasteiger partial charge < -0.3 is 20.1 Å². The fraction of sp³-hybridized carbons (Fsp3) is 0.571. The van der Waals surface area contributed by atoms with Crippen molar-refractivity contribution in [1.29, 1.82) is 0 Å². The van der Waals surface area contributed by atoms with Crippen molar-refractivity contribution in [3.63, 3.8) is 0 Å². The number of hydrazone groups is 1. The average molecular weight is 368 g/mol. The van der Waals surface area contributed by atoms with Crippen LogP contribution in [0.15, 0.2) is 17.8 Å². The summed E-state index contributed by atoms with van der Waals surface area (Å²) in [6, 6.07) is 0. The maximum absolute atomic E-state index is 10.2. The highest BCUT2D eigenvalue weighted by Gasteiger charge is 2.44. The highest BCUT2D eigenvalue weighted by Crippen LogP contribution is 2.31. The molecule has 4 atom stereocenters. The van der Waals surface area contributed by atoms with Gasteiger partial charge >= 0.3 is 0 Å². The lowest BCUT2D eigenvalue weighted by Gasteiger charge is -2.16. The standard InChI is InChI=1S/C14H20N6O4S/c1-25-4-2-3-18-19-12-9-13(16-6-15-12)20(7-17-9)14-11(23)10(22)8(5-21)24-14/h3,6-8,10-11,14,21-23H,2,4-5H2,1H3,(H,15,16,19)/t8-,10-,11-,14-/m1/s1. The number of aromatic nitrogens is 4. The van der Waals surface area contributed by atoms with Gasteiger partial charge in [-0.1, -0.05) is 0 Å². The molecule has 4 N–H and O–H groups in total. The van der Waals surface area contributed by atoms with Crippen LogP contribution < -0.4 is 5.43 Å². The van der Waals surface area contributed by atoms with E-state index in [4.69, 9.17) is 4.74 Å². The van der Waals surface area contributed by atoms with Crippen LogP contribution >= 0.6 is 11.8 Å². The first-order valence-electron chi connectivity index (χ1n) is 7.73. The zero-order chi connectivity index (χ0) is 17.8. The molecule has 0 aliphatic carbocycles. The van der Waals surface area contributed by atoms with E-state index in [9.17, 15) is 15.3 Å². The Morgan fingerprint density at radius 2 is 2.20 bits per heavy atom. The summed E-state index contributed by atoms with van der Waals surface area (Å²) in [5.41, 5.74) is 3.71. The molecule has 0 bridgehead atoms. The summed E-state index contributed by atoms with van der Waals surface area (Å²) in [6.45, 7) is -0.395. The van der Waals surface area contributed by atoms with Gasteiger partial charge in [-0.3, -0.25) is 9.99 Å². The Morgan fingerprint density at radius 1 is 1.36 bits per heavy atom. The van der Waals surface area contributed by atoms with Crippen molar-refractivity contribution in [3.8, 4) is 0 Å². The second-order valence-corrected chi connectivity index (χ2v) is 6.47. The Morgan fingerprint density at radius 3 is 2.92 bits per heavy atom. The molecular weight excluding hydrogens is 348 g/mol. The minimum absolute atomic E-state index is 0.395. The van der Waals surface area contributed by atoms with Gasteiger partial charge in [0.2, 0.25) is 0 Å². The average Bonchev–Trinajstić information content (AvgIpc) is 3.17. The lowest BCUT2D eigenvalue weighted by Crippen LogP contribution is -2.33. The fourth-order valence-electron chi connectivity index (χ4n) is 2.57. The van der Waals surface area contributed by atoms with Crippen molar-refractivity contribution in [2.45, 2.75) is 31.0 Å². The number of rotatable bonds is 7. The summed E-state index contributed by atoms with van der Waals surface area (Å²) in [5, 5.41) is 33.4. The second-order valence-electron chi connectivity index (χ2n) is 5.48. The molecule has 1 aliphatic rings. The number of hydrogen-bond donors (Lipinski definition) is 4. The predicted octanol–water partition coefficient (Wildman–Crippen LogP) is -0.411. The van der Waals surface area contributed by atoms with Gasteiger partial charge in [-0.15, -0.1) is 0 Å². The van der Waals surface area contributed by atoms with E-state index < -0.39 is 31.1 Å². The largest absolute Gasteiger partial charge is 0.394 e. The third kappa shape index (κ3) is 3.60. The maximum Gasteiger partial charge on any atom is 0.177 e. The highest BCUT2D eigenvalue weighted by molar-refractivity contribution is 7.98. The molecule has 0 radical (unpaired) electrons. The Bertz CT molecular complexity index is 741. The lowest BCUT2D eigenvalue weighted by atomic mass is 10.1. The molecule has 0 amide bonds. The van der Waals surface area contributed by atoms with E-state index in [1.807, 2.05) is 6.26 Å². The molecule has 0 saturated carbocycles. The van der Waals surface area contributed by atoms with Crippen LogP contribution in [0.25, 0.3) is 11.2 Å². The van der Waals surface area contributed by atoms with Gasteiger partial charge in [-0.25, -0.2) is 15.0 Å². The van der Waals surface area contributed by atoms with Gasteiger partial charge in [-0.05, 0) is 18.4 Å². The molecular formula is C14H20N6O4S. The first-order chi connectivity index (χ1) is 12.2. The Kier molecular flexibility index (Phi) is 5.81. The smallest absolute Gasteiger partial charge is 0.177 e. The molecule has 1 aliphatic heterocycles. The predicted molar refractivity (Wildman–Crippen MR) is 93.4 cm³/mol. The van der Waals surface area contributed by atoms with Crippen LogP contribution in [0.2, 0.25) is 0 Å². The molecule has 0 aromatic carbocycles. The third-order valence-electron chi connectivity index (χ3n) is 3.86. The molecule has 10 nitrogen and oxygen atoms in total. The molecule has 2 aromatic heterocycles. The van der Waals surface area contributed by atoms with Gasteiger partial charge in [0.25, 0.3) is 0 Å². The van der Waals surface area contributed by atoms with Crippen molar-refractivity contribution in [1.82, 2.24) is 19.5 Å². The lowest BCUT2D eigenvalue weighted by molar-refractivity contribution is -0.0511. The Balaban J connectivity index is 1.83. The maximum atomic E-state index is 10.2. The zero-order valence-electron chi connectivity index (χ0n) is 13.6. The summed E-state index contributed by atoms with van der Waals surface area (Å²) >= 11 is 1.73. The van der Waals surface area contributed by atoms with Crippen LogP contribution in [-0.4, -0.2) is 78.0 Å². The molecule has 1 saturated heterocycles. The van der Waals surface area contributed by atoms with Gasteiger partial charge in [0, 0.05) is 6.21 Å². The van der Waals surface area contributed by atoms with E-state index >= 15 is 0 Å². The van der Waals surface area contributed by atoms with Crippen LogP contribution in [0, 0.1) is 0 Å². The number of nitrogens with zero attached hydrogens (tertiary/aromatic N) is 5. The molecule has 136 valence electrons. The van der Waals surface area contributed by atoms with Crippen LogP contribution in [0.5, 0.6) is 0 Å². The number of anilines is 1. The van der Waals surface area contributed by atoms with Gasteiger partial charge in [-0.2, -0.15) is 16.9 Å². The van der Waals surface area contributed by atoms with E-state index in [-0.39, 0.29) is 0 Å². The van der Waals surface area contributed by atoms with E-state index in [1.54, 1.807) is 18.0 Å². The molecule has 11 heteroatoms. The van der Waals surface area contributed by atoms with E-state index in [0.717, 1.165) is 12.2 Å². The summed E-state index contributed by atoms with van der Waals surface area (Å²) in [7, 11) is 0. The summed E-state index contributed by atoms with van der Waals surface area (Å²) < 4.78 is 7.02. The number of thioether (sulfide) groups is 1. The fourth-order valence-corrected chi connectivity index (χ4v) is 2.91. The number of nitrogens with one attached hydrogen (secondary N) is 1. The van der Waals surface area contributed by atoms with Gasteiger partial charge in [0.15, 0.2) is 23.2 Å². The van der Waals surface area contributed by atoms with Gasteiger partial charge in [0.1, 0.15) is 24.6 Å². The molecule has 3 rings (SSSR count). The van der Waals surface area contributed by atoms with Crippen molar-refractivity contribution in [3.05, 3.63) is 12.7 Å². The molecule has 1 fully saturated rings. The van der Waals surface area contributed by atoms with Crippen molar-refractivity contribution >= 4 is 35.0 Å². The number of fused-ring (bicyclic) bond motifs is 1. The molecule has 25 heavy (non-hydrogen) atoms. The van der Waals surface area contributed by atoms with E-state index in [2.05, 4.69) is 25.5 Å². The Labute approximate surface area is 148 Å². The first-order valence-corrected chi connectivity index (χ1v) is 9.13. The number of ether oxygens (including phenoxy) is 1. The topological polar surface area (TPSA) is 138 Å². The van der Waals surface area contributed by atoms with Crippen molar-refractivity contribution < 1.29 is 20.1 Å². The number of imidazole rings is 1. The van der Waals surface area contributed by atoms with Crippen LogP contribution in [0.4, 0.5) is 5.82 Å². The summed E-state index contributed by atoms with van der Waals surface area (Å²) in [5.74, 6) is 1.40. The minimum Gasteiger partial charge on any atom is -0.394 e. The van der Waals surface area contributed by atoms with E-state index in [0.29, 0.717) is 17.0 Å². The SMILES string of the molecule is CSCCC=NNc1ncnc2c1ncn2[C@@H]1O[C@H](CO)[C@@H](O)[C@H]1O. The molecule has 0 unspecified atom stereocenters. The van der Waals surface area contributed by atoms with Crippen LogP contribution in [-0.2, 0) is 4.74 Å². The van der Waals surface area contributed by atoms with Crippen molar-refractivity contribution in [2.75, 3.05) is 24.0 Å². The molecule has 0 spiro atoms. The molecule has 2 aromatic rings. The highest BCUT2D eigenvalue weighted by atomic mass is 32.2. The van der Waals surface area contributed by atoms with Crippen LogP contribution in [0.3, 0.4) is 0 Å². The summed E-state index contributed by atoms with van der Waals surface area (Å²) in [4.78, 5) is 12.5. The third-order valence-corrected chi connectivity index (χ3v) is 4.51. The van der Waals surface area contributed by atoms with Gasteiger partial charge in [0.05, 0.1) is 12.9 Å². The first kappa shape index (κ1) is 18.0. The van der Waals surface area contributed by atoms with Crippen LogP contribution in [0.1, 0.15) is 12.6 Å². The zero-order valence-corrected chi connectivity index (χ0v) is 14.4. The second kappa shape index (κ2) is 8.06. The summed E-state index contributed by atoms with van der Waals surface area (Å²) in [6.07, 6.45) is 3.26. The number of aliphatic hydroxyl groups is 3.